The lowest BCUT2D eigenvalue weighted by atomic mass is 9.95. The van der Waals surface area contributed by atoms with Gasteiger partial charge in [-0.1, -0.05) is 35.3 Å². The molecule has 10 heteroatoms. The highest BCUT2D eigenvalue weighted by molar-refractivity contribution is 7.78. The molecule has 34 heavy (non-hydrogen) atoms. The molecule has 0 bridgehead atoms. The van der Waals surface area contributed by atoms with Crippen molar-refractivity contribution in [2.75, 3.05) is 12.4 Å². The first kappa shape index (κ1) is 23.5. The molecular weight excluding hydrogens is 467 g/mol. The van der Waals surface area contributed by atoms with Crippen molar-refractivity contribution < 1.29 is 27.0 Å². The minimum atomic E-state index is -4.52. The minimum Gasteiger partial charge on any atom is -0.772 e. The van der Waals surface area contributed by atoms with E-state index in [9.17, 15) is 27.0 Å². The Morgan fingerprint density at radius 2 is 1.79 bits per heavy atom. The molecule has 0 aliphatic carbocycles. The number of aromatic hydroxyl groups is 1. The largest absolute Gasteiger partial charge is 0.772 e. The second-order valence-corrected chi connectivity index (χ2v) is 8.42. The third-order valence-corrected chi connectivity index (χ3v) is 5.85. The molecule has 1 heterocycles. The van der Waals surface area contributed by atoms with Crippen LogP contribution in [0.2, 0.25) is 0 Å². The van der Waals surface area contributed by atoms with E-state index in [1.807, 2.05) is 0 Å². The van der Waals surface area contributed by atoms with Crippen LogP contribution in [-0.4, -0.2) is 30.5 Å². The summed E-state index contributed by atoms with van der Waals surface area (Å²) in [6.45, 7) is 0. The van der Waals surface area contributed by atoms with E-state index in [4.69, 9.17) is 0 Å². The van der Waals surface area contributed by atoms with Crippen molar-refractivity contribution in [3.8, 4) is 33.8 Å². The van der Waals surface area contributed by atoms with Gasteiger partial charge in [-0.15, -0.1) is 0 Å². The van der Waals surface area contributed by atoms with Crippen molar-refractivity contribution in [1.82, 2.24) is 9.55 Å². The van der Waals surface area contributed by atoms with Crippen molar-refractivity contribution in [2.24, 2.45) is 0 Å². The zero-order chi connectivity index (χ0) is 24.5. The molecule has 3 aromatic carbocycles. The second kappa shape index (κ2) is 9.32. The number of phenols is 1. The number of imidazole rings is 1. The van der Waals surface area contributed by atoms with Gasteiger partial charge in [-0.2, -0.15) is 13.2 Å². The van der Waals surface area contributed by atoms with Crippen LogP contribution in [0.1, 0.15) is 11.1 Å². The number of benzene rings is 3. The van der Waals surface area contributed by atoms with Crippen LogP contribution in [0.4, 0.5) is 18.9 Å². The third kappa shape index (κ3) is 4.97. The number of anilines is 1. The molecule has 4 aromatic rings. The van der Waals surface area contributed by atoms with Crippen LogP contribution in [0.15, 0.2) is 73.2 Å². The summed E-state index contributed by atoms with van der Waals surface area (Å²) >= 11 is -2.25. The summed E-state index contributed by atoms with van der Waals surface area (Å²) < 4.78 is 64.1. The van der Waals surface area contributed by atoms with Crippen molar-refractivity contribution in [3.05, 3.63) is 84.3 Å². The number of rotatable bonds is 6. The number of phenolic OH excluding ortho intramolecular Hbond substituents is 1. The van der Waals surface area contributed by atoms with Gasteiger partial charge in [-0.05, 0) is 53.1 Å². The van der Waals surface area contributed by atoms with Gasteiger partial charge in [0.15, 0.2) is 0 Å². The molecule has 0 fully saturated rings. The fourth-order valence-electron chi connectivity index (χ4n) is 3.65. The quantitative estimate of drug-likeness (QED) is 0.359. The van der Waals surface area contributed by atoms with Crippen LogP contribution in [0.5, 0.6) is 5.75 Å². The van der Waals surface area contributed by atoms with Gasteiger partial charge in [-0.3, -0.25) is 4.21 Å². The van der Waals surface area contributed by atoms with E-state index in [1.54, 1.807) is 36.0 Å². The number of nitrogens with zero attached hydrogens (tertiary/aromatic N) is 2. The average Bonchev–Trinajstić information content (AvgIpc) is 3.28. The van der Waals surface area contributed by atoms with E-state index in [1.165, 1.54) is 36.7 Å². The molecule has 0 radical (unpaired) electrons. The average molecular weight is 486 g/mol. The second-order valence-electron chi connectivity index (χ2n) is 7.52. The zero-order valence-corrected chi connectivity index (χ0v) is 18.7. The molecular formula is C24H19F3N3O3S-. The molecule has 0 aliphatic rings. The Labute approximate surface area is 196 Å². The SMILES string of the molecule is CNc1ccc(CS(=O)[O-])cc1-n1cnc(-c2ccc(C(F)(F)F)cc2-c2ccc(O)cc2)c1. The lowest BCUT2D eigenvalue weighted by Crippen LogP contribution is -2.05. The molecule has 2 N–H and O–H groups in total. The van der Waals surface area contributed by atoms with Gasteiger partial charge in [0.1, 0.15) is 5.75 Å². The van der Waals surface area contributed by atoms with E-state index in [0.29, 0.717) is 33.6 Å². The van der Waals surface area contributed by atoms with Crippen LogP contribution < -0.4 is 5.32 Å². The Morgan fingerprint density at radius 1 is 1.06 bits per heavy atom. The normalized spacial score (nSPS) is 12.5. The first-order valence-electron chi connectivity index (χ1n) is 10.1. The topological polar surface area (TPSA) is 90.2 Å². The van der Waals surface area contributed by atoms with Crippen molar-refractivity contribution >= 4 is 16.8 Å². The van der Waals surface area contributed by atoms with Gasteiger partial charge >= 0.3 is 6.18 Å². The Bertz CT molecular complexity index is 1350. The van der Waals surface area contributed by atoms with E-state index in [-0.39, 0.29) is 11.5 Å². The van der Waals surface area contributed by atoms with Gasteiger partial charge in [0, 0.05) is 24.6 Å². The molecule has 0 amide bonds. The highest BCUT2D eigenvalue weighted by atomic mass is 32.2. The van der Waals surface area contributed by atoms with Gasteiger partial charge < -0.3 is 19.5 Å². The first-order chi connectivity index (χ1) is 16.2. The summed E-state index contributed by atoms with van der Waals surface area (Å²) in [5.74, 6) is -0.150. The summed E-state index contributed by atoms with van der Waals surface area (Å²) in [5.41, 5.74) is 2.84. The number of hydrogen-bond acceptors (Lipinski definition) is 5. The predicted molar refractivity (Wildman–Crippen MR) is 123 cm³/mol. The number of nitrogens with one attached hydrogen (secondary N) is 1. The van der Waals surface area contributed by atoms with Crippen molar-refractivity contribution in [2.45, 2.75) is 11.9 Å². The van der Waals surface area contributed by atoms with Crippen molar-refractivity contribution in [3.63, 3.8) is 0 Å². The molecule has 0 spiro atoms. The number of hydrogen-bond donors (Lipinski definition) is 2. The summed E-state index contributed by atoms with van der Waals surface area (Å²) in [6, 6.07) is 14.5. The maximum Gasteiger partial charge on any atom is 0.416 e. The van der Waals surface area contributed by atoms with Crippen LogP contribution in [-0.2, 0) is 23.0 Å². The van der Waals surface area contributed by atoms with Crippen LogP contribution in [0.25, 0.3) is 28.1 Å². The van der Waals surface area contributed by atoms with Crippen LogP contribution in [0, 0.1) is 0 Å². The van der Waals surface area contributed by atoms with Gasteiger partial charge in [0.25, 0.3) is 0 Å². The third-order valence-electron chi connectivity index (χ3n) is 5.28. The first-order valence-corrected chi connectivity index (χ1v) is 11.3. The van der Waals surface area contributed by atoms with E-state index in [0.717, 1.165) is 17.8 Å². The fraction of sp³-hybridized carbons (Fsp3) is 0.125. The molecule has 0 aliphatic heterocycles. The highest BCUT2D eigenvalue weighted by Gasteiger charge is 2.31. The molecule has 1 unspecified atom stereocenters. The maximum absolute atomic E-state index is 13.4. The van der Waals surface area contributed by atoms with Gasteiger partial charge in [-0.25, -0.2) is 4.98 Å². The summed E-state index contributed by atoms with van der Waals surface area (Å²) in [4.78, 5) is 4.41. The number of alkyl halides is 3. The summed E-state index contributed by atoms with van der Waals surface area (Å²) in [5, 5.41) is 12.6. The molecule has 0 saturated carbocycles. The Hall–Kier alpha value is -3.63. The smallest absolute Gasteiger partial charge is 0.416 e. The monoisotopic (exact) mass is 486 g/mol. The summed E-state index contributed by atoms with van der Waals surface area (Å²) in [6.07, 6.45) is -1.34. The van der Waals surface area contributed by atoms with Gasteiger partial charge in [0.2, 0.25) is 0 Å². The molecule has 176 valence electrons. The fourth-order valence-corrected chi connectivity index (χ4v) is 4.10. The number of aromatic nitrogens is 2. The van der Waals surface area contributed by atoms with Gasteiger partial charge in [0.05, 0.1) is 29.0 Å². The number of halogens is 3. The van der Waals surface area contributed by atoms with Crippen molar-refractivity contribution in [1.29, 1.82) is 0 Å². The zero-order valence-electron chi connectivity index (χ0n) is 17.8. The standard InChI is InChI=1S/C24H20F3N3O3S/c1-28-21-9-2-15(13-34(32)33)10-23(21)30-12-22(29-14-30)19-8-5-17(24(25,26)27)11-20(19)16-3-6-18(31)7-4-16/h2-12,14,28,31H,13H2,1H3,(H,32,33)/p-1. The lowest BCUT2D eigenvalue weighted by molar-refractivity contribution is -0.137. The van der Waals surface area contributed by atoms with E-state index < -0.39 is 22.8 Å². The van der Waals surface area contributed by atoms with E-state index >= 15 is 0 Å². The predicted octanol–water partition coefficient (Wildman–Crippen LogP) is 5.35. The highest BCUT2D eigenvalue weighted by Crippen LogP contribution is 2.38. The Balaban J connectivity index is 1.82. The molecule has 4 rings (SSSR count). The molecule has 0 saturated heterocycles. The van der Waals surface area contributed by atoms with Crippen LogP contribution in [0.3, 0.4) is 0 Å². The summed E-state index contributed by atoms with van der Waals surface area (Å²) in [7, 11) is 1.72. The Kier molecular flexibility index (Phi) is 6.45. The van der Waals surface area contributed by atoms with Crippen LogP contribution >= 0.6 is 0 Å². The van der Waals surface area contributed by atoms with E-state index in [2.05, 4.69) is 10.3 Å². The minimum absolute atomic E-state index is 0.0000376. The lowest BCUT2D eigenvalue weighted by Gasteiger charge is -2.14. The Morgan fingerprint density at radius 3 is 2.44 bits per heavy atom. The maximum atomic E-state index is 13.4. The molecule has 6 nitrogen and oxygen atoms in total. The molecule has 1 atom stereocenters. The molecule has 1 aromatic heterocycles.